The second-order valence-electron chi connectivity index (χ2n) is 7.11. The van der Waals surface area contributed by atoms with Gasteiger partial charge in [-0.15, -0.1) is 0 Å². The molecule has 26 heavy (non-hydrogen) atoms. The molecule has 1 N–H and O–H groups in total. The Bertz CT molecular complexity index is 753. The highest BCUT2D eigenvalue weighted by molar-refractivity contribution is 5.86. The van der Waals surface area contributed by atoms with Crippen LogP contribution in [0.3, 0.4) is 0 Å². The van der Waals surface area contributed by atoms with Gasteiger partial charge in [0.15, 0.2) is 5.60 Å². The maximum absolute atomic E-state index is 13.9. The fraction of sp³-hybridized carbons (Fsp3) is 0.381. The molecule has 138 valence electrons. The predicted molar refractivity (Wildman–Crippen MR) is 98.8 cm³/mol. The Hall–Kier alpha value is -2.24. The molecule has 0 bridgehead atoms. The number of likely N-dealkylation sites (N-methyl/N-ethyl adjacent to an activating group) is 1. The molecule has 1 fully saturated rings. The van der Waals surface area contributed by atoms with Crippen molar-refractivity contribution in [3.8, 4) is 0 Å². The number of aliphatic hydroxyl groups is 1. The number of piperidine rings is 1. The number of hydrogen-bond donors (Lipinski definition) is 1. The van der Waals surface area contributed by atoms with Crippen molar-refractivity contribution in [2.45, 2.75) is 31.5 Å². The lowest BCUT2D eigenvalue weighted by atomic mass is 9.90. The highest BCUT2D eigenvalue weighted by Crippen LogP contribution is 2.26. The quantitative estimate of drug-likeness (QED) is 0.866. The molecule has 2 aromatic carbocycles. The molecular weight excluding hydrogens is 331 g/mol. The van der Waals surface area contributed by atoms with Crippen LogP contribution < -0.4 is 0 Å². The standard InChI is InChI=1S/C21H25FN2O2/c1-23(14-17-8-3-2-4-9-17)16-21(26)12-7-13-24(20(21)25)15-18-10-5-6-11-19(18)22/h2-6,8-11,26H,7,12-16H2,1H3. The highest BCUT2D eigenvalue weighted by atomic mass is 19.1. The van der Waals surface area contributed by atoms with Gasteiger partial charge in [-0.25, -0.2) is 4.39 Å². The minimum absolute atomic E-state index is 0.191. The van der Waals surface area contributed by atoms with E-state index in [9.17, 15) is 14.3 Å². The number of hydrogen-bond acceptors (Lipinski definition) is 3. The minimum atomic E-state index is -1.42. The first-order chi connectivity index (χ1) is 12.5. The topological polar surface area (TPSA) is 43.8 Å². The van der Waals surface area contributed by atoms with Crippen LogP contribution in [0.1, 0.15) is 24.0 Å². The summed E-state index contributed by atoms with van der Waals surface area (Å²) in [6, 6.07) is 16.4. The number of likely N-dealkylation sites (tertiary alicyclic amines) is 1. The van der Waals surface area contributed by atoms with Crippen LogP contribution in [-0.2, 0) is 17.9 Å². The van der Waals surface area contributed by atoms with E-state index in [1.807, 2.05) is 42.3 Å². The normalized spacial score (nSPS) is 20.6. The van der Waals surface area contributed by atoms with Gasteiger partial charge in [0.1, 0.15) is 5.82 Å². The second-order valence-corrected chi connectivity index (χ2v) is 7.11. The van der Waals surface area contributed by atoms with Gasteiger partial charge in [-0.3, -0.25) is 9.69 Å². The Morgan fingerprint density at radius 1 is 1.15 bits per heavy atom. The van der Waals surface area contributed by atoms with Crippen molar-refractivity contribution in [3.05, 3.63) is 71.5 Å². The van der Waals surface area contributed by atoms with Crippen LogP contribution in [0.4, 0.5) is 4.39 Å². The molecule has 2 aromatic rings. The van der Waals surface area contributed by atoms with Crippen LogP contribution in [0.2, 0.25) is 0 Å². The van der Waals surface area contributed by atoms with Gasteiger partial charge in [0.05, 0.1) is 0 Å². The lowest BCUT2D eigenvalue weighted by molar-refractivity contribution is -0.160. The Kier molecular flexibility index (Phi) is 5.69. The molecular formula is C21H25FN2O2. The molecule has 1 atom stereocenters. The van der Waals surface area contributed by atoms with Crippen LogP contribution in [0, 0.1) is 5.82 Å². The van der Waals surface area contributed by atoms with Gasteiger partial charge in [-0.2, -0.15) is 0 Å². The zero-order valence-corrected chi connectivity index (χ0v) is 15.1. The molecule has 5 heteroatoms. The average Bonchev–Trinajstić information content (AvgIpc) is 2.61. The third-order valence-corrected chi connectivity index (χ3v) is 4.85. The molecule has 1 amide bonds. The maximum atomic E-state index is 13.9. The summed E-state index contributed by atoms with van der Waals surface area (Å²) in [6.07, 6.45) is 1.13. The second kappa shape index (κ2) is 7.98. The molecule has 0 radical (unpaired) electrons. The zero-order valence-electron chi connectivity index (χ0n) is 15.1. The van der Waals surface area contributed by atoms with Crippen LogP contribution in [-0.4, -0.2) is 46.6 Å². The summed E-state index contributed by atoms with van der Waals surface area (Å²) in [4.78, 5) is 16.4. The number of carbonyl (C=O) groups excluding carboxylic acids is 1. The Morgan fingerprint density at radius 2 is 1.85 bits per heavy atom. The lowest BCUT2D eigenvalue weighted by Gasteiger charge is -2.40. The van der Waals surface area contributed by atoms with Gasteiger partial charge in [-0.05, 0) is 31.5 Å². The predicted octanol–water partition coefficient (Wildman–Crippen LogP) is 2.81. The monoisotopic (exact) mass is 356 g/mol. The first kappa shape index (κ1) is 18.5. The minimum Gasteiger partial charge on any atom is -0.379 e. The van der Waals surface area contributed by atoms with E-state index in [-0.39, 0.29) is 24.8 Å². The average molecular weight is 356 g/mol. The first-order valence-corrected chi connectivity index (χ1v) is 8.95. The summed E-state index contributed by atoms with van der Waals surface area (Å²) in [5, 5.41) is 11.0. The van der Waals surface area contributed by atoms with E-state index in [2.05, 4.69) is 0 Å². The number of benzene rings is 2. The van der Waals surface area contributed by atoms with E-state index in [1.165, 1.54) is 6.07 Å². The van der Waals surface area contributed by atoms with Crippen LogP contribution in [0.15, 0.2) is 54.6 Å². The summed E-state index contributed by atoms with van der Waals surface area (Å²) < 4.78 is 13.9. The van der Waals surface area contributed by atoms with Crippen LogP contribution in [0.25, 0.3) is 0 Å². The fourth-order valence-corrected chi connectivity index (χ4v) is 3.59. The molecule has 1 saturated heterocycles. The molecule has 1 aliphatic rings. The number of rotatable bonds is 6. The SMILES string of the molecule is CN(Cc1ccccc1)CC1(O)CCCN(Cc2ccccc2F)C1=O. The van der Waals surface area contributed by atoms with Crippen molar-refractivity contribution in [3.63, 3.8) is 0 Å². The van der Waals surface area contributed by atoms with Gasteiger partial charge < -0.3 is 10.0 Å². The zero-order chi connectivity index (χ0) is 18.6. The van der Waals surface area contributed by atoms with Crippen LogP contribution in [0.5, 0.6) is 0 Å². The Morgan fingerprint density at radius 3 is 2.58 bits per heavy atom. The number of halogens is 1. The fourth-order valence-electron chi connectivity index (χ4n) is 3.59. The van der Waals surface area contributed by atoms with Gasteiger partial charge in [-0.1, -0.05) is 48.5 Å². The van der Waals surface area contributed by atoms with Crippen molar-refractivity contribution in [1.82, 2.24) is 9.80 Å². The first-order valence-electron chi connectivity index (χ1n) is 8.95. The molecule has 1 heterocycles. The summed E-state index contributed by atoms with van der Waals surface area (Å²) >= 11 is 0. The number of carbonyl (C=O) groups is 1. The van der Waals surface area contributed by atoms with E-state index in [0.717, 1.165) is 5.56 Å². The highest BCUT2D eigenvalue weighted by Gasteiger charge is 2.42. The largest absolute Gasteiger partial charge is 0.379 e. The van der Waals surface area contributed by atoms with Gasteiger partial charge in [0.25, 0.3) is 5.91 Å². The smallest absolute Gasteiger partial charge is 0.256 e. The Labute approximate surface area is 153 Å². The number of amides is 1. The number of nitrogens with zero attached hydrogens (tertiary/aromatic N) is 2. The van der Waals surface area contributed by atoms with Crippen molar-refractivity contribution in [1.29, 1.82) is 0 Å². The summed E-state index contributed by atoms with van der Waals surface area (Å²) in [7, 11) is 1.90. The molecule has 4 nitrogen and oxygen atoms in total. The third kappa shape index (κ3) is 4.29. The summed E-state index contributed by atoms with van der Waals surface area (Å²) in [5.41, 5.74) is 0.181. The van der Waals surface area contributed by atoms with E-state index in [1.54, 1.807) is 23.1 Å². The summed E-state index contributed by atoms with van der Waals surface area (Å²) in [6.45, 7) is 1.65. The lowest BCUT2D eigenvalue weighted by Crippen LogP contribution is -2.57. The van der Waals surface area contributed by atoms with E-state index >= 15 is 0 Å². The molecule has 1 aliphatic heterocycles. The van der Waals surface area contributed by atoms with E-state index < -0.39 is 5.60 Å². The summed E-state index contributed by atoms with van der Waals surface area (Å²) in [5.74, 6) is -0.637. The van der Waals surface area contributed by atoms with Crippen molar-refractivity contribution in [2.24, 2.45) is 0 Å². The van der Waals surface area contributed by atoms with E-state index in [0.29, 0.717) is 31.5 Å². The molecule has 0 saturated carbocycles. The van der Waals surface area contributed by atoms with Crippen molar-refractivity contribution < 1.29 is 14.3 Å². The van der Waals surface area contributed by atoms with Gasteiger partial charge >= 0.3 is 0 Å². The van der Waals surface area contributed by atoms with E-state index in [4.69, 9.17) is 0 Å². The van der Waals surface area contributed by atoms with Gasteiger partial charge in [0, 0.05) is 31.7 Å². The molecule has 3 rings (SSSR count). The molecule has 0 aliphatic carbocycles. The van der Waals surface area contributed by atoms with Crippen molar-refractivity contribution in [2.75, 3.05) is 20.1 Å². The van der Waals surface area contributed by atoms with Crippen molar-refractivity contribution >= 4 is 5.91 Å². The maximum Gasteiger partial charge on any atom is 0.256 e. The van der Waals surface area contributed by atoms with Gasteiger partial charge in [0.2, 0.25) is 0 Å². The Balaban J connectivity index is 1.66. The third-order valence-electron chi connectivity index (χ3n) is 4.85. The molecule has 0 aromatic heterocycles. The molecule has 0 spiro atoms. The van der Waals surface area contributed by atoms with Crippen LogP contribution >= 0.6 is 0 Å². The molecule has 1 unspecified atom stereocenters.